The van der Waals surface area contributed by atoms with Crippen LogP contribution in [0, 0.1) is 6.92 Å². The number of hydrogen-bond acceptors (Lipinski definition) is 4. The second-order valence-corrected chi connectivity index (χ2v) is 7.95. The molecule has 0 bridgehead atoms. The van der Waals surface area contributed by atoms with Crippen LogP contribution < -0.4 is 4.72 Å². The van der Waals surface area contributed by atoms with Crippen LogP contribution in [-0.4, -0.2) is 24.2 Å². The van der Waals surface area contributed by atoms with Crippen LogP contribution in [-0.2, 0) is 23.0 Å². The Hall–Kier alpha value is -1.18. The molecular weight excluding hydrogens is 282 g/mol. The summed E-state index contributed by atoms with van der Waals surface area (Å²) in [7, 11) is -3.39. The van der Waals surface area contributed by atoms with Gasteiger partial charge in [-0.05, 0) is 31.5 Å². The zero-order valence-electron chi connectivity index (χ0n) is 10.5. The molecule has 0 saturated heterocycles. The van der Waals surface area contributed by atoms with Crippen LogP contribution in [0.5, 0.6) is 0 Å². The monoisotopic (exact) mass is 297 g/mol. The van der Waals surface area contributed by atoms with Gasteiger partial charge in [0.2, 0.25) is 10.0 Å². The molecule has 0 amide bonds. The predicted octanol–water partition coefficient (Wildman–Crippen LogP) is 1.55. The summed E-state index contributed by atoms with van der Waals surface area (Å²) in [6.07, 6.45) is 3.23. The maximum absolute atomic E-state index is 12.2. The summed E-state index contributed by atoms with van der Waals surface area (Å²) in [5.41, 5.74) is 1.08. The van der Waals surface area contributed by atoms with E-state index >= 15 is 0 Å². The largest absolute Gasteiger partial charge is 0.269 e. The molecule has 1 aliphatic heterocycles. The molecule has 1 atom stereocenters. The third-order valence-electron chi connectivity index (χ3n) is 3.25. The number of fused-ring (bicyclic) bond motifs is 1. The molecule has 0 aromatic carbocycles. The van der Waals surface area contributed by atoms with Crippen molar-refractivity contribution in [3.05, 3.63) is 35.0 Å². The molecule has 7 heteroatoms. The van der Waals surface area contributed by atoms with Crippen molar-refractivity contribution < 1.29 is 8.42 Å². The number of sulfonamides is 1. The molecule has 0 aliphatic carbocycles. The van der Waals surface area contributed by atoms with Gasteiger partial charge in [-0.15, -0.1) is 11.3 Å². The van der Waals surface area contributed by atoms with Gasteiger partial charge in [-0.3, -0.25) is 4.68 Å². The Morgan fingerprint density at radius 1 is 1.42 bits per heavy atom. The van der Waals surface area contributed by atoms with E-state index in [9.17, 15) is 8.42 Å². The average molecular weight is 297 g/mol. The van der Waals surface area contributed by atoms with Gasteiger partial charge in [0.15, 0.2) is 0 Å². The second-order valence-electron chi connectivity index (χ2n) is 4.72. The summed E-state index contributed by atoms with van der Waals surface area (Å²) in [4.78, 5) is 1.00. The van der Waals surface area contributed by atoms with Crippen molar-refractivity contribution in [1.29, 1.82) is 0 Å². The molecule has 0 saturated carbocycles. The SMILES string of the molecule is Cc1ccc(S(=O)(=O)N[C@@H]2CCn3nccc3C2)s1. The van der Waals surface area contributed by atoms with E-state index in [0.717, 1.165) is 23.5 Å². The molecule has 3 rings (SSSR count). The summed E-state index contributed by atoms with van der Waals surface area (Å²) in [5.74, 6) is 0. The zero-order valence-corrected chi connectivity index (χ0v) is 12.2. The van der Waals surface area contributed by atoms with E-state index in [1.807, 2.05) is 23.7 Å². The summed E-state index contributed by atoms with van der Waals surface area (Å²) in [6, 6.07) is 5.39. The molecule has 1 aliphatic rings. The molecular formula is C12H15N3O2S2. The zero-order chi connectivity index (χ0) is 13.5. The molecule has 2 aromatic heterocycles. The number of nitrogens with zero attached hydrogens (tertiary/aromatic N) is 2. The maximum atomic E-state index is 12.2. The van der Waals surface area contributed by atoms with Crippen molar-refractivity contribution >= 4 is 21.4 Å². The molecule has 1 N–H and O–H groups in total. The Morgan fingerprint density at radius 3 is 3.00 bits per heavy atom. The Labute approximate surface area is 116 Å². The number of aromatic nitrogens is 2. The quantitative estimate of drug-likeness (QED) is 0.935. The van der Waals surface area contributed by atoms with Crippen LogP contribution in [0.15, 0.2) is 28.6 Å². The highest BCUT2D eigenvalue weighted by molar-refractivity contribution is 7.91. The van der Waals surface area contributed by atoms with Gasteiger partial charge in [0, 0.05) is 35.8 Å². The minimum Gasteiger partial charge on any atom is -0.269 e. The average Bonchev–Trinajstić information content (AvgIpc) is 2.96. The minimum atomic E-state index is -3.39. The normalized spacial score (nSPS) is 19.3. The Balaban J connectivity index is 1.76. The van der Waals surface area contributed by atoms with Gasteiger partial charge >= 0.3 is 0 Å². The predicted molar refractivity (Wildman–Crippen MR) is 73.7 cm³/mol. The van der Waals surface area contributed by atoms with Gasteiger partial charge in [-0.1, -0.05) is 0 Å². The van der Waals surface area contributed by atoms with Gasteiger partial charge in [0.25, 0.3) is 0 Å². The van der Waals surface area contributed by atoms with Gasteiger partial charge in [0.1, 0.15) is 4.21 Å². The van der Waals surface area contributed by atoms with Gasteiger partial charge < -0.3 is 0 Å². The first kappa shape index (κ1) is 12.8. The number of thiophene rings is 1. The van der Waals surface area contributed by atoms with E-state index in [2.05, 4.69) is 9.82 Å². The lowest BCUT2D eigenvalue weighted by molar-refractivity contribution is 0.414. The number of nitrogens with one attached hydrogen (secondary N) is 1. The molecule has 19 heavy (non-hydrogen) atoms. The van der Waals surface area contributed by atoms with Crippen LogP contribution >= 0.6 is 11.3 Å². The lowest BCUT2D eigenvalue weighted by atomic mass is 10.1. The fourth-order valence-corrected chi connectivity index (χ4v) is 4.87. The highest BCUT2D eigenvalue weighted by Crippen LogP contribution is 2.22. The van der Waals surface area contributed by atoms with Crippen molar-refractivity contribution in [2.24, 2.45) is 0 Å². The second kappa shape index (κ2) is 4.73. The standard InChI is InChI=1S/C12H15N3O2S2/c1-9-2-3-12(18-9)19(16,17)14-10-5-7-15-11(8-10)4-6-13-15/h2-4,6,10,14H,5,7-8H2,1H3/t10-/m1/s1. The minimum absolute atomic E-state index is 0.0448. The van der Waals surface area contributed by atoms with Crippen molar-refractivity contribution in [1.82, 2.24) is 14.5 Å². The third-order valence-corrected chi connectivity index (χ3v) is 6.26. The number of rotatable bonds is 3. The lowest BCUT2D eigenvalue weighted by Gasteiger charge is -2.23. The number of aryl methyl sites for hydroxylation is 2. The van der Waals surface area contributed by atoms with Gasteiger partial charge in [-0.2, -0.15) is 5.10 Å². The summed E-state index contributed by atoms with van der Waals surface area (Å²) in [6.45, 7) is 2.67. The lowest BCUT2D eigenvalue weighted by Crippen LogP contribution is -2.39. The Bertz CT molecular complexity index is 687. The summed E-state index contributed by atoms with van der Waals surface area (Å²) >= 11 is 1.30. The first-order chi connectivity index (χ1) is 9.04. The van der Waals surface area contributed by atoms with Crippen molar-refractivity contribution in [3.63, 3.8) is 0 Å². The molecule has 0 radical (unpaired) electrons. The highest BCUT2D eigenvalue weighted by Gasteiger charge is 2.25. The van der Waals surface area contributed by atoms with Gasteiger partial charge in [0.05, 0.1) is 0 Å². The molecule has 0 spiro atoms. The van der Waals surface area contributed by atoms with Crippen LogP contribution in [0.4, 0.5) is 0 Å². The van der Waals surface area contributed by atoms with E-state index in [1.165, 1.54) is 11.3 Å². The summed E-state index contributed by atoms with van der Waals surface area (Å²) in [5, 5.41) is 4.19. The van der Waals surface area contributed by atoms with Crippen LogP contribution in [0.2, 0.25) is 0 Å². The van der Waals surface area contributed by atoms with E-state index in [1.54, 1.807) is 12.3 Å². The van der Waals surface area contributed by atoms with E-state index < -0.39 is 10.0 Å². The molecule has 2 aromatic rings. The number of hydrogen-bond donors (Lipinski definition) is 1. The van der Waals surface area contributed by atoms with Gasteiger partial charge in [-0.25, -0.2) is 13.1 Å². The smallest absolute Gasteiger partial charge is 0.250 e. The fourth-order valence-electron chi connectivity index (χ4n) is 2.30. The molecule has 3 heterocycles. The van der Waals surface area contributed by atoms with Crippen molar-refractivity contribution in [2.75, 3.05) is 0 Å². The molecule has 0 fully saturated rings. The van der Waals surface area contributed by atoms with Crippen molar-refractivity contribution in [3.8, 4) is 0 Å². The van der Waals surface area contributed by atoms with E-state index in [-0.39, 0.29) is 6.04 Å². The first-order valence-electron chi connectivity index (χ1n) is 6.14. The first-order valence-corrected chi connectivity index (χ1v) is 8.44. The maximum Gasteiger partial charge on any atom is 0.250 e. The summed E-state index contributed by atoms with van der Waals surface area (Å²) < 4.78 is 29.6. The Kier molecular flexibility index (Phi) is 3.20. The van der Waals surface area contributed by atoms with E-state index in [4.69, 9.17) is 0 Å². The van der Waals surface area contributed by atoms with Crippen LogP contribution in [0.3, 0.4) is 0 Å². The Morgan fingerprint density at radius 2 is 2.26 bits per heavy atom. The molecule has 5 nitrogen and oxygen atoms in total. The van der Waals surface area contributed by atoms with Crippen LogP contribution in [0.25, 0.3) is 0 Å². The topological polar surface area (TPSA) is 64.0 Å². The third kappa shape index (κ3) is 2.58. The van der Waals surface area contributed by atoms with E-state index in [0.29, 0.717) is 10.6 Å². The molecule has 0 unspecified atom stereocenters. The highest BCUT2D eigenvalue weighted by atomic mass is 32.2. The molecule has 102 valence electrons. The van der Waals surface area contributed by atoms with Crippen LogP contribution in [0.1, 0.15) is 17.0 Å². The van der Waals surface area contributed by atoms with Crippen molar-refractivity contribution in [2.45, 2.75) is 36.6 Å². The fraction of sp³-hybridized carbons (Fsp3) is 0.417.